The van der Waals surface area contributed by atoms with Crippen LogP contribution in [0.4, 0.5) is 10.1 Å². The molecule has 3 fully saturated rings. The van der Waals surface area contributed by atoms with Gasteiger partial charge in [0.05, 0.1) is 18.0 Å². The normalized spacial score (nSPS) is 21.9. The molecule has 2 atom stereocenters. The molecule has 194 valence electrons. The molecule has 0 unspecified atom stereocenters. The second-order valence-corrected chi connectivity index (χ2v) is 11.3. The Kier molecular flexibility index (Phi) is 6.23. The highest BCUT2D eigenvalue weighted by molar-refractivity contribution is 9.10. The fraction of sp³-hybridized carbons (Fsp3) is 0.429. The van der Waals surface area contributed by atoms with Gasteiger partial charge in [-0.25, -0.2) is 9.18 Å². The molecule has 1 aliphatic carbocycles. The molecule has 2 aliphatic heterocycles. The van der Waals surface area contributed by atoms with Crippen molar-refractivity contribution in [1.29, 1.82) is 0 Å². The van der Waals surface area contributed by atoms with Gasteiger partial charge in [-0.15, -0.1) is 0 Å². The van der Waals surface area contributed by atoms with Gasteiger partial charge in [0, 0.05) is 42.4 Å². The predicted octanol–water partition coefficient (Wildman–Crippen LogP) is 5.05. The Bertz CT molecular complexity index is 1440. The average Bonchev–Trinajstić information content (AvgIpc) is 3.63. The lowest BCUT2D eigenvalue weighted by molar-refractivity contribution is 0.0694. The van der Waals surface area contributed by atoms with Crippen molar-refractivity contribution >= 4 is 38.5 Å². The van der Waals surface area contributed by atoms with E-state index in [1.165, 1.54) is 24.9 Å². The molecule has 0 amide bonds. The van der Waals surface area contributed by atoms with E-state index in [2.05, 4.69) is 50.0 Å². The van der Waals surface area contributed by atoms with E-state index in [1.54, 1.807) is 0 Å². The lowest BCUT2D eigenvalue weighted by atomic mass is 9.91. The Morgan fingerprint density at radius 3 is 2.62 bits per heavy atom. The number of ether oxygens (including phenoxy) is 1. The summed E-state index contributed by atoms with van der Waals surface area (Å²) < 4.78 is 24.5. The highest BCUT2D eigenvalue weighted by atomic mass is 79.9. The maximum absolute atomic E-state index is 15.8. The molecule has 2 saturated heterocycles. The number of aromatic carboxylic acids is 1. The Labute approximate surface area is 222 Å². The number of methoxy groups -OCH3 is 1. The first-order valence-electron chi connectivity index (χ1n) is 12.8. The van der Waals surface area contributed by atoms with Crippen molar-refractivity contribution in [3.05, 3.63) is 68.2 Å². The molecule has 6 rings (SSSR count). The van der Waals surface area contributed by atoms with Crippen LogP contribution in [-0.2, 0) is 6.54 Å². The molecule has 0 spiro atoms. The molecule has 1 N–H and O–H groups in total. The number of fused-ring (bicyclic) bond motifs is 2. The van der Waals surface area contributed by atoms with Gasteiger partial charge in [-0.1, -0.05) is 28.1 Å². The van der Waals surface area contributed by atoms with E-state index in [-0.39, 0.29) is 23.0 Å². The minimum absolute atomic E-state index is 0.0541. The monoisotopic (exact) mass is 569 g/mol. The summed E-state index contributed by atoms with van der Waals surface area (Å²) in [7, 11) is 1.49. The zero-order chi connectivity index (χ0) is 25.8. The van der Waals surface area contributed by atoms with Gasteiger partial charge in [0.25, 0.3) is 0 Å². The van der Waals surface area contributed by atoms with Crippen LogP contribution in [0, 0.1) is 11.7 Å². The topological polar surface area (TPSA) is 75.0 Å². The molecule has 3 heterocycles. The number of carboxylic acid groups (broad SMARTS) is 1. The molecule has 2 aromatic carbocycles. The van der Waals surface area contributed by atoms with Gasteiger partial charge in [0.15, 0.2) is 11.6 Å². The third kappa shape index (κ3) is 4.32. The Morgan fingerprint density at radius 1 is 1.19 bits per heavy atom. The molecule has 0 bridgehead atoms. The van der Waals surface area contributed by atoms with Gasteiger partial charge in [-0.05, 0) is 61.9 Å². The van der Waals surface area contributed by atoms with Crippen LogP contribution in [0.2, 0.25) is 0 Å². The first kappa shape index (κ1) is 24.4. The number of piperidine rings is 1. The number of benzene rings is 2. The quantitative estimate of drug-likeness (QED) is 0.448. The van der Waals surface area contributed by atoms with Crippen LogP contribution in [0.1, 0.15) is 47.6 Å². The van der Waals surface area contributed by atoms with E-state index < -0.39 is 17.2 Å². The van der Waals surface area contributed by atoms with Gasteiger partial charge in [-0.2, -0.15) is 0 Å². The molecule has 0 radical (unpaired) electrons. The van der Waals surface area contributed by atoms with Crippen molar-refractivity contribution in [3.63, 3.8) is 0 Å². The van der Waals surface area contributed by atoms with Crippen molar-refractivity contribution in [1.82, 2.24) is 9.47 Å². The summed E-state index contributed by atoms with van der Waals surface area (Å²) in [6.45, 7) is 3.22. The Hall–Kier alpha value is -2.91. The number of anilines is 1. The summed E-state index contributed by atoms with van der Waals surface area (Å²) in [5.41, 5.74) is 1.07. The first-order valence-corrected chi connectivity index (χ1v) is 13.6. The number of halogens is 2. The van der Waals surface area contributed by atoms with Crippen LogP contribution in [-0.4, -0.2) is 53.3 Å². The summed E-state index contributed by atoms with van der Waals surface area (Å²) in [4.78, 5) is 29.3. The van der Waals surface area contributed by atoms with Gasteiger partial charge in [0.2, 0.25) is 5.43 Å². The molecule has 1 aromatic heterocycles. The van der Waals surface area contributed by atoms with Crippen molar-refractivity contribution < 1.29 is 19.0 Å². The summed E-state index contributed by atoms with van der Waals surface area (Å²) in [6, 6.07) is 9.96. The van der Waals surface area contributed by atoms with Gasteiger partial charge < -0.3 is 19.3 Å². The number of nitrogens with zero attached hydrogens (tertiary/aromatic N) is 3. The zero-order valence-electron chi connectivity index (χ0n) is 20.6. The van der Waals surface area contributed by atoms with E-state index >= 15 is 4.39 Å². The minimum Gasteiger partial charge on any atom is -0.492 e. The number of pyridine rings is 1. The van der Waals surface area contributed by atoms with E-state index in [0.29, 0.717) is 36.0 Å². The van der Waals surface area contributed by atoms with Gasteiger partial charge in [0.1, 0.15) is 11.3 Å². The second kappa shape index (κ2) is 9.44. The van der Waals surface area contributed by atoms with Crippen LogP contribution >= 0.6 is 15.9 Å². The van der Waals surface area contributed by atoms with Crippen LogP contribution in [0.15, 0.2) is 45.8 Å². The lowest BCUT2D eigenvalue weighted by Crippen LogP contribution is -2.44. The second-order valence-electron chi connectivity index (χ2n) is 10.4. The highest BCUT2D eigenvalue weighted by Crippen LogP contribution is 2.45. The van der Waals surface area contributed by atoms with Crippen LogP contribution in [0.25, 0.3) is 10.9 Å². The molecule has 37 heavy (non-hydrogen) atoms. The van der Waals surface area contributed by atoms with Crippen LogP contribution in [0.3, 0.4) is 0 Å². The van der Waals surface area contributed by atoms with Crippen LogP contribution in [0.5, 0.6) is 5.75 Å². The third-order valence-electron chi connectivity index (χ3n) is 8.08. The molecule has 1 saturated carbocycles. The number of hydrogen-bond donors (Lipinski definition) is 1. The SMILES string of the molecule is COc1c(N2C[C@H]3CCCN(Cc4ccc(Br)cc4)[C@H]3C2)c(F)cc2c(=O)c(C(=O)O)cn(C3CC3)c12. The van der Waals surface area contributed by atoms with Crippen molar-refractivity contribution in [2.24, 2.45) is 5.92 Å². The highest BCUT2D eigenvalue weighted by Gasteiger charge is 2.41. The summed E-state index contributed by atoms with van der Waals surface area (Å²) in [5, 5.41) is 9.64. The maximum Gasteiger partial charge on any atom is 0.341 e. The largest absolute Gasteiger partial charge is 0.492 e. The molecule has 3 aromatic rings. The number of rotatable bonds is 6. The first-order chi connectivity index (χ1) is 17.9. The fourth-order valence-electron chi connectivity index (χ4n) is 6.20. The van der Waals surface area contributed by atoms with Gasteiger partial charge >= 0.3 is 5.97 Å². The average molecular weight is 570 g/mol. The van der Waals surface area contributed by atoms with Crippen LogP contribution < -0.4 is 15.1 Å². The smallest absolute Gasteiger partial charge is 0.341 e. The van der Waals surface area contributed by atoms with Gasteiger partial charge in [-0.3, -0.25) is 9.69 Å². The van der Waals surface area contributed by atoms with E-state index in [1.807, 2.05) is 4.57 Å². The summed E-state index contributed by atoms with van der Waals surface area (Å²) >= 11 is 3.50. The molecule has 9 heteroatoms. The number of carbonyl (C=O) groups is 1. The third-order valence-corrected chi connectivity index (χ3v) is 8.61. The molecular formula is C28H29BrFN3O4. The number of likely N-dealkylation sites (tertiary alicyclic amines) is 1. The number of carboxylic acids is 1. The number of aromatic nitrogens is 1. The van der Waals surface area contributed by atoms with Crippen molar-refractivity contribution in [2.45, 2.75) is 44.3 Å². The maximum atomic E-state index is 15.8. The zero-order valence-corrected chi connectivity index (χ0v) is 22.2. The van der Waals surface area contributed by atoms with Crippen molar-refractivity contribution in [3.8, 4) is 5.75 Å². The Balaban J connectivity index is 1.40. The Morgan fingerprint density at radius 2 is 1.95 bits per heavy atom. The summed E-state index contributed by atoms with van der Waals surface area (Å²) in [5.74, 6) is -1.14. The standard InChI is InChI=1S/C28H29BrFN3O4/c1-37-27-24-20(26(34)21(28(35)36)14-33(24)19-8-9-19)11-22(30)25(27)32-13-17-3-2-10-31(23(17)15-32)12-16-4-6-18(29)7-5-16/h4-7,11,14,17,19,23H,2-3,8-10,12-13,15H2,1H3,(H,35,36)/t17-,23+/m1/s1. The van der Waals surface area contributed by atoms with Crippen molar-refractivity contribution in [2.75, 3.05) is 31.6 Å². The predicted molar refractivity (Wildman–Crippen MR) is 143 cm³/mol. The molecular weight excluding hydrogens is 541 g/mol. The minimum atomic E-state index is -1.31. The van der Waals surface area contributed by atoms with E-state index in [0.717, 1.165) is 43.2 Å². The lowest BCUT2D eigenvalue weighted by Gasteiger charge is -2.36. The number of hydrogen-bond acceptors (Lipinski definition) is 5. The van der Waals surface area contributed by atoms with E-state index in [4.69, 9.17) is 4.74 Å². The molecule has 7 nitrogen and oxygen atoms in total. The molecule has 3 aliphatic rings. The summed E-state index contributed by atoms with van der Waals surface area (Å²) in [6.07, 6.45) is 5.35. The fourth-order valence-corrected chi connectivity index (χ4v) is 6.47. The van der Waals surface area contributed by atoms with E-state index in [9.17, 15) is 14.7 Å².